The van der Waals surface area contributed by atoms with Crippen LogP contribution in [0.3, 0.4) is 0 Å². The highest BCUT2D eigenvalue weighted by molar-refractivity contribution is 14.0. The standard InChI is InChI=1S/C19H26N4O3.HI/c1-5-20-19(21-6-2)23-13-14-10-11-17(22-12-14)26-18-15(24-3)8-7-9-16(18)25-4;/h7-12H,5-6,13H2,1-4H3,(H2,20,21,23);1H. The van der Waals surface area contributed by atoms with Gasteiger partial charge in [0.15, 0.2) is 17.5 Å². The molecule has 0 amide bonds. The van der Waals surface area contributed by atoms with Crippen LogP contribution < -0.4 is 24.8 Å². The molecule has 2 rings (SSSR count). The van der Waals surface area contributed by atoms with E-state index in [2.05, 4.69) is 20.6 Å². The van der Waals surface area contributed by atoms with E-state index in [1.807, 2.05) is 38.1 Å². The zero-order valence-electron chi connectivity index (χ0n) is 16.1. The monoisotopic (exact) mass is 486 g/mol. The molecule has 2 aromatic rings. The highest BCUT2D eigenvalue weighted by atomic mass is 127. The molecule has 7 nitrogen and oxygen atoms in total. The van der Waals surface area contributed by atoms with Crippen LogP contribution in [-0.4, -0.2) is 38.3 Å². The van der Waals surface area contributed by atoms with Gasteiger partial charge in [-0.2, -0.15) is 0 Å². The molecule has 0 fully saturated rings. The van der Waals surface area contributed by atoms with Crippen molar-refractivity contribution in [1.29, 1.82) is 0 Å². The number of nitrogens with zero attached hydrogens (tertiary/aromatic N) is 2. The van der Waals surface area contributed by atoms with Crippen molar-refractivity contribution in [3.05, 3.63) is 42.1 Å². The summed E-state index contributed by atoms with van der Waals surface area (Å²) < 4.78 is 16.5. The van der Waals surface area contributed by atoms with E-state index in [0.717, 1.165) is 24.6 Å². The molecule has 8 heteroatoms. The SMILES string of the molecule is CCNC(=NCc1ccc(Oc2c(OC)cccc2OC)nc1)NCC.I. The Balaban J connectivity index is 0.00000364. The minimum absolute atomic E-state index is 0. The topological polar surface area (TPSA) is 77.0 Å². The number of rotatable bonds is 8. The summed E-state index contributed by atoms with van der Waals surface area (Å²) in [7, 11) is 3.17. The van der Waals surface area contributed by atoms with Crippen LogP contribution >= 0.6 is 24.0 Å². The van der Waals surface area contributed by atoms with Crippen LogP contribution in [0.25, 0.3) is 0 Å². The maximum Gasteiger partial charge on any atom is 0.219 e. The summed E-state index contributed by atoms with van der Waals surface area (Å²) in [5.41, 5.74) is 0.984. The molecule has 0 radical (unpaired) electrons. The van der Waals surface area contributed by atoms with Crippen LogP contribution in [0, 0.1) is 0 Å². The highest BCUT2D eigenvalue weighted by Gasteiger charge is 2.13. The molecule has 0 aliphatic carbocycles. The van der Waals surface area contributed by atoms with Gasteiger partial charge in [0.05, 0.1) is 20.8 Å². The van der Waals surface area contributed by atoms with E-state index < -0.39 is 0 Å². The summed E-state index contributed by atoms with van der Waals surface area (Å²) in [6, 6.07) is 9.19. The Labute approximate surface area is 177 Å². The lowest BCUT2D eigenvalue weighted by atomic mass is 10.3. The van der Waals surface area contributed by atoms with Crippen molar-refractivity contribution in [3.8, 4) is 23.1 Å². The minimum atomic E-state index is 0. The predicted molar refractivity (Wildman–Crippen MR) is 118 cm³/mol. The van der Waals surface area contributed by atoms with Crippen LogP contribution in [0.15, 0.2) is 41.5 Å². The highest BCUT2D eigenvalue weighted by Crippen LogP contribution is 2.39. The van der Waals surface area contributed by atoms with Crippen LogP contribution in [0.4, 0.5) is 0 Å². The van der Waals surface area contributed by atoms with Crippen molar-refractivity contribution in [3.63, 3.8) is 0 Å². The molecule has 0 saturated heterocycles. The second-order valence-corrected chi connectivity index (χ2v) is 5.32. The fraction of sp³-hybridized carbons (Fsp3) is 0.368. The quantitative estimate of drug-likeness (QED) is 0.338. The molecule has 0 saturated carbocycles. The summed E-state index contributed by atoms with van der Waals surface area (Å²) in [6.07, 6.45) is 1.75. The van der Waals surface area contributed by atoms with Crippen molar-refractivity contribution in [2.45, 2.75) is 20.4 Å². The Hall–Kier alpha value is -2.23. The van der Waals surface area contributed by atoms with E-state index in [-0.39, 0.29) is 24.0 Å². The van der Waals surface area contributed by atoms with Gasteiger partial charge in [-0.1, -0.05) is 12.1 Å². The van der Waals surface area contributed by atoms with Crippen LogP contribution in [0.1, 0.15) is 19.4 Å². The molecule has 1 aromatic carbocycles. The Kier molecular flexibility index (Phi) is 10.3. The Bertz CT molecular complexity index is 693. The van der Waals surface area contributed by atoms with Crippen molar-refractivity contribution in [1.82, 2.24) is 15.6 Å². The van der Waals surface area contributed by atoms with Crippen molar-refractivity contribution in [2.75, 3.05) is 27.3 Å². The summed E-state index contributed by atoms with van der Waals surface area (Å²) >= 11 is 0. The lowest BCUT2D eigenvalue weighted by Gasteiger charge is -2.13. The number of ether oxygens (including phenoxy) is 3. The van der Waals surface area contributed by atoms with Gasteiger partial charge in [0.25, 0.3) is 0 Å². The smallest absolute Gasteiger partial charge is 0.219 e. The summed E-state index contributed by atoms with van der Waals surface area (Å²) in [5, 5.41) is 6.38. The van der Waals surface area contributed by atoms with E-state index in [1.54, 1.807) is 26.5 Å². The Morgan fingerprint density at radius 2 is 1.63 bits per heavy atom. The normalized spacial score (nSPS) is 9.63. The number of pyridine rings is 1. The van der Waals surface area contributed by atoms with Gasteiger partial charge in [-0.3, -0.25) is 0 Å². The van der Waals surface area contributed by atoms with Crippen LogP contribution in [-0.2, 0) is 6.54 Å². The lowest BCUT2D eigenvalue weighted by molar-refractivity contribution is 0.342. The maximum atomic E-state index is 5.86. The second-order valence-electron chi connectivity index (χ2n) is 5.32. The number of aliphatic imine (C=N–C) groups is 1. The largest absolute Gasteiger partial charge is 0.493 e. The van der Waals surface area contributed by atoms with Gasteiger partial charge in [-0.25, -0.2) is 9.98 Å². The second kappa shape index (κ2) is 12.2. The van der Waals surface area contributed by atoms with Crippen LogP contribution in [0.5, 0.6) is 23.1 Å². The Morgan fingerprint density at radius 1 is 1.00 bits per heavy atom. The molecule has 0 unspecified atom stereocenters. The molecule has 27 heavy (non-hydrogen) atoms. The molecular weight excluding hydrogens is 459 g/mol. The molecule has 0 bridgehead atoms. The molecule has 0 atom stereocenters. The first-order chi connectivity index (χ1) is 12.7. The van der Waals surface area contributed by atoms with Crippen molar-refractivity contribution < 1.29 is 14.2 Å². The lowest BCUT2D eigenvalue weighted by Crippen LogP contribution is -2.36. The zero-order chi connectivity index (χ0) is 18.8. The molecule has 148 valence electrons. The third-order valence-corrected chi connectivity index (χ3v) is 3.50. The number of benzene rings is 1. The number of guanidine groups is 1. The molecular formula is C19H27IN4O3. The summed E-state index contributed by atoms with van der Waals surface area (Å²) in [4.78, 5) is 8.87. The third-order valence-electron chi connectivity index (χ3n) is 3.50. The minimum Gasteiger partial charge on any atom is -0.493 e. The molecule has 1 heterocycles. The van der Waals surface area contributed by atoms with E-state index in [9.17, 15) is 0 Å². The molecule has 1 aromatic heterocycles. The summed E-state index contributed by atoms with van der Waals surface area (Å²) in [6.45, 7) is 6.23. The number of para-hydroxylation sites is 1. The van der Waals surface area contributed by atoms with Crippen molar-refractivity contribution in [2.24, 2.45) is 4.99 Å². The summed E-state index contributed by atoms with van der Waals surface area (Å²) in [5.74, 6) is 2.91. The first kappa shape index (κ1) is 22.8. The number of methoxy groups -OCH3 is 2. The number of nitrogens with one attached hydrogen (secondary N) is 2. The number of halogens is 1. The number of hydrogen-bond acceptors (Lipinski definition) is 5. The Morgan fingerprint density at radius 3 is 2.11 bits per heavy atom. The predicted octanol–water partition coefficient (Wildman–Crippen LogP) is 3.58. The van der Waals surface area contributed by atoms with Gasteiger partial charge >= 0.3 is 0 Å². The van der Waals surface area contributed by atoms with Gasteiger partial charge in [-0.15, -0.1) is 24.0 Å². The van der Waals surface area contributed by atoms with Gasteiger partial charge in [0.1, 0.15) is 0 Å². The third kappa shape index (κ3) is 6.78. The number of aromatic nitrogens is 1. The maximum absolute atomic E-state index is 5.86. The van der Waals surface area contributed by atoms with Gasteiger partial charge < -0.3 is 24.8 Å². The van der Waals surface area contributed by atoms with E-state index in [4.69, 9.17) is 14.2 Å². The van der Waals surface area contributed by atoms with Gasteiger partial charge in [-0.05, 0) is 31.5 Å². The average Bonchev–Trinajstić information content (AvgIpc) is 2.67. The molecule has 0 aliphatic rings. The van der Waals surface area contributed by atoms with Gasteiger partial charge in [0, 0.05) is 25.4 Å². The van der Waals surface area contributed by atoms with E-state index in [0.29, 0.717) is 29.7 Å². The van der Waals surface area contributed by atoms with E-state index >= 15 is 0 Å². The molecule has 0 spiro atoms. The number of hydrogen-bond donors (Lipinski definition) is 2. The van der Waals surface area contributed by atoms with E-state index in [1.165, 1.54) is 0 Å². The molecule has 0 aliphatic heterocycles. The first-order valence-corrected chi connectivity index (χ1v) is 8.57. The van der Waals surface area contributed by atoms with Crippen LogP contribution in [0.2, 0.25) is 0 Å². The fourth-order valence-electron chi connectivity index (χ4n) is 2.27. The zero-order valence-corrected chi connectivity index (χ0v) is 18.4. The fourth-order valence-corrected chi connectivity index (χ4v) is 2.27. The molecule has 2 N–H and O–H groups in total. The van der Waals surface area contributed by atoms with Gasteiger partial charge in [0.2, 0.25) is 11.6 Å². The first-order valence-electron chi connectivity index (χ1n) is 8.57. The van der Waals surface area contributed by atoms with Crippen molar-refractivity contribution >= 4 is 29.9 Å². The average molecular weight is 486 g/mol.